The van der Waals surface area contributed by atoms with Crippen molar-refractivity contribution < 1.29 is 13.2 Å². The van der Waals surface area contributed by atoms with Crippen molar-refractivity contribution in [3.63, 3.8) is 0 Å². The molecule has 0 aliphatic carbocycles. The fourth-order valence-electron chi connectivity index (χ4n) is 1.93. The molecule has 0 aliphatic heterocycles. The van der Waals surface area contributed by atoms with Crippen LogP contribution in [0.5, 0.6) is 0 Å². The Bertz CT molecular complexity index is 595. The number of benzene rings is 1. The zero-order valence-corrected chi connectivity index (χ0v) is 12.5. The Hall–Kier alpha value is -1.47. The molecule has 0 fully saturated rings. The van der Waals surface area contributed by atoms with E-state index in [1.807, 2.05) is 13.2 Å². The molecule has 1 heterocycles. The highest BCUT2D eigenvalue weighted by atomic mass is 32.2. The van der Waals surface area contributed by atoms with Gasteiger partial charge in [0.25, 0.3) is 0 Å². The van der Waals surface area contributed by atoms with Crippen LogP contribution in [0.1, 0.15) is 17.2 Å². The van der Waals surface area contributed by atoms with Gasteiger partial charge in [0.05, 0.1) is 11.8 Å². The van der Waals surface area contributed by atoms with Gasteiger partial charge in [-0.1, -0.05) is 12.1 Å². The Labute approximate surface area is 125 Å². The molecule has 0 radical (unpaired) electrons. The molecule has 1 aromatic heterocycles. The fraction of sp³-hybridized carbons (Fsp3) is 0.357. The van der Waals surface area contributed by atoms with E-state index in [9.17, 15) is 13.2 Å². The standard InChI is InChI=1S/C14H16F3N3S/c1-18-13(9-21-12-7-19-20(2)8-12)10-4-3-5-11(6-10)14(15,16)17/h3-8,13,18H,9H2,1-2H3. The highest BCUT2D eigenvalue weighted by Crippen LogP contribution is 2.32. The summed E-state index contributed by atoms with van der Waals surface area (Å²) in [6, 6.07) is 5.28. The van der Waals surface area contributed by atoms with E-state index in [0.29, 0.717) is 11.3 Å². The third kappa shape index (κ3) is 4.25. The van der Waals surface area contributed by atoms with Gasteiger partial charge in [-0.2, -0.15) is 18.3 Å². The minimum atomic E-state index is -4.31. The second kappa shape index (κ2) is 6.53. The van der Waals surface area contributed by atoms with Gasteiger partial charge in [0.1, 0.15) is 0 Å². The lowest BCUT2D eigenvalue weighted by molar-refractivity contribution is -0.137. The minimum Gasteiger partial charge on any atom is -0.312 e. The van der Waals surface area contributed by atoms with Crippen molar-refractivity contribution in [3.8, 4) is 0 Å². The first-order chi connectivity index (χ1) is 9.90. The first kappa shape index (κ1) is 15.9. The zero-order valence-electron chi connectivity index (χ0n) is 11.7. The molecule has 0 aliphatic rings. The van der Waals surface area contributed by atoms with E-state index in [-0.39, 0.29) is 6.04 Å². The molecule has 1 unspecified atom stereocenters. The quantitative estimate of drug-likeness (QED) is 0.857. The summed E-state index contributed by atoms with van der Waals surface area (Å²) in [5.74, 6) is 0.628. The first-order valence-electron chi connectivity index (χ1n) is 6.36. The van der Waals surface area contributed by atoms with Crippen molar-refractivity contribution in [1.82, 2.24) is 15.1 Å². The van der Waals surface area contributed by atoms with E-state index in [4.69, 9.17) is 0 Å². The van der Waals surface area contributed by atoms with E-state index in [2.05, 4.69) is 10.4 Å². The Morgan fingerprint density at radius 2 is 2.14 bits per heavy atom. The summed E-state index contributed by atoms with van der Waals surface area (Å²) in [5.41, 5.74) is 0.00958. The molecule has 1 atom stereocenters. The summed E-state index contributed by atoms with van der Waals surface area (Å²) < 4.78 is 40.0. The molecule has 1 N–H and O–H groups in total. The molecule has 0 saturated heterocycles. The molecule has 0 saturated carbocycles. The predicted molar refractivity (Wildman–Crippen MR) is 77.2 cm³/mol. The van der Waals surface area contributed by atoms with Gasteiger partial charge in [-0.3, -0.25) is 4.68 Å². The molecule has 0 amide bonds. The summed E-state index contributed by atoms with van der Waals surface area (Å²) in [4.78, 5) is 0.990. The lowest BCUT2D eigenvalue weighted by Gasteiger charge is -2.17. The molecule has 1 aromatic carbocycles. The summed E-state index contributed by atoms with van der Waals surface area (Å²) >= 11 is 1.56. The third-order valence-electron chi connectivity index (χ3n) is 3.06. The molecule has 0 spiro atoms. The number of nitrogens with one attached hydrogen (secondary N) is 1. The molecule has 114 valence electrons. The highest BCUT2D eigenvalue weighted by Gasteiger charge is 2.30. The fourth-order valence-corrected chi connectivity index (χ4v) is 3.00. The van der Waals surface area contributed by atoms with Crippen LogP contribution in [-0.2, 0) is 13.2 Å². The largest absolute Gasteiger partial charge is 0.416 e. The number of alkyl halides is 3. The van der Waals surface area contributed by atoms with Crippen molar-refractivity contribution in [1.29, 1.82) is 0 Å². The summed E-state index contributed by atoms with van der Waals surface area (Å²) in [7, 11) is 3.57. The maximum Gasteiger partial charge on any atom is 0.416 e. The lowest BCUT2D eigenvalue weighted by atomic mass is 10.1. The van der Waals surface area contributed by atoms with Crippen LogP contribution in [0.2, 0.25) is 0 Å². The molecular weight excluding hydrogens is 299 g/mol. The Morgan fingerprint density at radius 3 is 2.71 bits per heavy atom. The monoisotopic (exact) mass is 315 g/mol. The van der Waals surface area contributed by atoms with E-state index >= 15 is 0 Å². The van der Waals surface area contributed by atoms with Gasteiger partial charge in [0, 0.05) is 29.9 Å². The van der Waals surface area contributed by atoms with Gasteiger partial charge in [-0.15, -0.1) is 11.8 Å². The number of rotatable bonds is 5. The van der Waals surface area contributed by atoms with Crippen molar-refractivity contribution in [2.45, 2.75) is 17.1 Å². The topological polar surface area (TPSA) is 29.9 Å². The smallest absolute Gasteiger partial charge is 0.312 e. The van der Waals surface area contributed by atoms with Gasteiger partial charge in [-0.05, 0) is 24.7 Å². The Balaban J connectivity index is 2.10. The number of hydrogen-bond donors (Lipinski definition) is 1. The molecule has 0 bridgehead atoms. The first-order valence-corrected chi connectivity index (χ1v) is 7.34. The number of aryl methyl sites for hydroxylation is 1. The number of aromatic nitrogens is 2. The summed E-state index contributed by atoms with van der Waals surface area (Å²) in [6.45, 7) is 0. The average Bonchev–Trinajstić information content (AvgIpc) is 2.85. The van der Waals surface area contributed by atoms with Gasteiger partial charge in [0.2, 0.25) is 0 Å². The lowest BCUT2D eigenvalue weighted by Crippen LogP contribution is -2.19. The Morgan fingerprint density at radius 1 is 1.38 bits per heavy atom. The van der Waals surface area contributed by atoms with E-state index in [1.165, 1.54) is 12.1 Å². The van der Waals surface area contributed by atoms with Crippen molar-refractivity contribution in [2.75, 3.05) is 12.8 Å². The van der Waals surface area contributed by atoms with Crippen LogP contribution in [0.3, 0.4) is 0 Å². The second-order valence-corrected chi connectivity index (χ2v) is 5.72. The summed E-state index contributed by atoms with van der Waals surface area (Å²) in [6.07, 6.45) is -0.697. The maximum atomic E-state index is 12.8. The van der Waals surface area contributed by atoms with Crippen LogP contribution in [0, 0.1) is 0 Å². The number of hydrogen-bond acceptors (Lipinski definition) is 3. The van der Waals surface area contributed by atoms with E-state index in [1.54, 1.807) is 35.8 Å². The van der Waals surface area contributed by atoms with Crippen LogP contribution < -0.4 is 5.32 Å². The third-order valence-corrected chi connectivity index (χ3v) is 4.11. The van der Waals surface area contributed by atoms with Gasteiger partial charge < -0.3 is 5.32 Å². The number of nitrogens with zero attached hydrogens (tertiary/aromatic N) is 2. The maximum absolute atomic E-state index is 12.8. The minimum absolute atomic E-state index is 0.155. The van der Waals surface area contributed by atoms with Crippen LogP contribution in [0.4, 0.5) is 13.2 Å². The van der Waals surface area contributed by atoms with Crippen molar-refractivity contribution >= 4 is 11.8 Å². The van der Waals surface area contributed by atoms with Crippen molar-refractivity contribution in [2.24, 2.45) is 7.05 Å². The molecule has 3 nitrogen and oxygen atoms in total. The van der Waals surface area contributed by atoms with Gasteiger partial charge >= 0.3 is 6.18 Å². The zero-order chi connectivity index (χ0) is 15.5. The molecule has 2 aromatic rings. The van der Waals surface area contributed by atoms with Crippen LogP contribution in [-0.4, -0.2) is 22.6 Å². The normalized spacial score (nSPS) is 13.4. The highest BCUT2D eigenvalue weighted by molar-refractivity contribution is 7.99. The molecule has 2 rings (SSSR count). The van der Waals surface area contributed by atoms with Crippen molar-refractivity contribution in [3.05, 3.63) is 47.8 Å². The molecule has 7 heteroatoms. The summed E-state index contributed by atoms with van der Waals surface area (Å²) in [5, 5.41) is 7.12. The SMILES string of the molecule is CNC(CSc1cnn(C)c1)c1cccc(C(F)(F)F)c1. The predicted octanol–water partition coefficient (Wildman–Crippen LogP) is 3.49. The van der Waals surface area contributed by atoms with Gasteiger partial charge in [0.15, 0.2) is 0 Å². The van der Waals surface area contributed by atoms with Crippen LogP contribution in [0.15, 0.2) is 41.6 Å². The molecule has 21 heavy (non-hydrogen) atoms. The molecular formula is C14H16F3N3S. The second-order valence-electron chi connectivity index (χ2n) is 4.63. The number of thioether (sulfide) groups is 1. The van der Waals surface area contributed by atoms with E-state index in [0.717, 1.165) is 11.0 Å². The van der Waals surface area contributed by atoms with E-state index < -0.39 is 11.7 Å². The average molecular weight is 315 g/mol. The Kier molecular flexibility index (Phi) is 4.95. The van der Waals surface area contributed by atoms with Crippen LogP contribution in [0.25, 0.3) is 0 Å². The van der Waals surface area contributed by atoms with Gasteiger partial charge in [-0.25, -0.2) is 0 Å². The van der Waals surface area contributed by atoms with Crippen LogP contribution >= 0.6 is 11.8 Å². The number of halogens is 3.